The molecule has 0 atom stereocenters. The molecule has 1 aliphatic rings. The van der Waals surface area contributed by atoms with E-state index in [1.807, 2.05) is 6.92 Å². The molecule has 2 amide bonds. The predicted octanol–water partition coefficient (Wildman–Crippen LogP) is 2.45. The van der Waals surface area contributed by atoms with Crippen molar-refractivity contribution in [3.8, 4) is 0 Å². The van der Waals surface area contributed by atoms with E-state index in [1.54, 1.807) is 29.2 Å². The Morgan fingerprint density at radius 3 is 2.32 bits per heavy atom. The fourth-order valence-corrected chi connectivity index (χ4v) is 4.12. The first-order chi connectivity index (χ1) is 11.6. The minimum atomic E-state index is -3.51. The van der Waals surface area contributed by atoms with Crippen molar-refractivity contribution in [3.05, 3.63) is 29.8 Å². The van der Waals surface area contributed by atoms with Gasteiger partial charge in [-0.1, -0.05) is 38.5 Å². The SMILES string of the molecule is Cc1ccc(S(=O)(=O)N2CCCN(C(=O)NCC(C)(C)C)CC2)cc1. The fourth-order valence-electron chi connectivity index (χ4n) is 2.65. The Morgan fingerprint density at radius 1 is 1.08 bits per heavy atom. The normalized spacial score (nSPS) is 17.2. The van der Waals surface area contributed by atoms with E-state index in [-0.39, 0.29) is 11.4 Å². The summed E-state index contributed by atoms with van der Waals surface area (Å²) < 4.78 is 27.1. The van der Waals surface area contributed by atoms with Crippen molar-refractivity contribution in [2.75, 3.05) is 32.7 Å². The van der Waals surface area contributed by atoms with Crippen molar-refractivity contribution in [3.63, 3.8) is 0 Å². The summed E-state index contributed by atoms with van der Waals surface area (Å²) in [6.07, 6.45) is 0.633. The van der Waals surface area contributed by atoms with E-state index in [4.69, 9.17) is 0 Å². The number of nitrogens with one attached hydrogen (secondary N) is 1. The predicted molar refractivity (Wildman–Crippen MR) is 99.0 cm³/mol. The van der Waals surface area contributed by atoms with Gasteiger partial charge < -0.3 is 10.2 Å². The maximum Gasteiger partial charge on any atom is 0.317 e. The molecule has 25 heavy (non-hydrogen) atoms. The number of carbonyl (C=O) groups excluding carboxylic acids is 1. The summed E-state index contributed by atoms with van der Waals surface area (Å²) in [5, 5.41) is 2.93. The van der Waals surface area contributed by atoms with E-state index in [0.29, 0.717) is 44.0 Å². The molecule has 0 saturated carbocycles. The minimum absolute atomic E-state index is 0.0162. The quantitative estimate of drug-likeness (QED) is 0.892. The number of rotatable bonds is 3. The second kappa shape index (κ2) is 7.74. The van der Waals surface area contributed by atoms with E-state index < -0.39 is 10.0 Å². The highest BCUT2D eigenvalue weighted by atomic mass is 32.2. The van der Waals surface area contributed by atoms with Crippen LogP contribution in [0, 0.1) is 12.3 Å². The molecule has 1 heterocycles. The number of amides is 2. The van der Waals surface area contributed by atoms with Crippen LogP contribution in [-0.2, 0) is 10.0 Å². The van der Waals surface area contributed by atoms with Crippen LogP contribution in [0.15, 0.2) is 29.2 Å². The van der Waals surface area contributed by atoms with Crippen molar-refractivity contribution < 1.29 is 13.2 Å². The third-order valence-corrected chi connectivity index (χ3v) is 6.08. The number of hydrogen-bond donors (Lipinski definition) is 1. The second-order valence-corrected chi connectivity index (χ2v) is 9.72. The topological polar surface area (TPSA) is 69.7 Å². The van der Waals surface area contributed by atoms with Crippen LogP contribution >= 0.6 is 0 Å². The highest BCUT2D eigenvalue weighted by Gasteiger charge is 2.28. The molecule has 0 aliphatic carbocycles. The Bertz CT molecular complexity index is 693. The van der Waals surface area contributed by atoms with Gasteiger partial charge in [-0.05, 0) is 30.9 Å². The molecular formula is C18H29N3O3S. The summed E-state index contributed by atoms with van der Waals surface area (Å²) >= 11 is 0. The van der Waals surface area contributed by atoms with Gasteiger partial charge in [0.25, 0.3) is 0 Å². The Morgan fingerprint density at radius 2 is 1.72 bits per heavy atom. The van der Waals surface area contributed by atoms with Gasteiger partial charge in [-0.2, -0.15) is 4.31 Å². The molecule has 140 valence electrons. The van der Waals surface area contributed by atoms with Gasteiger partial charge in [0, 0.05) is 32.7 Å². The Balaban J connectivity index is 2.01. The third-order valence-electron chi connectivity index (χ3n) is 4.17. The number of benzene rings is 1. The highest BCUT2D eigenvalue weighted by Crippen LogP contribution is 2.18. The monoisotopic (exact) mass is 367 g/mol. The smallest absolute Gasteiger partial charge is 0.317 e. The molecule has 1 aliphatic heterocycles. The minimum Gasteiger partial charge on any atom is -0.337 e. The molecule has 1 aromatic carbocycles. The average Bonchev–Trinajstić information content (AvgIpc) is 2.79. The standard InChI is InChI=1S/C18H29N3O3S/c1-15-6-8-16(9-7-15)25(23,24)21-11-5-10-20(12-13-21)17(22)19-14-18(2,3)4/h6-9H,5,10-14H2,1-4H3,(H,19,22). The van der Waals surface area contributed by atoms with Crippen molar-refractivity contribution in [1.29, 1.82) is 0 Å². The van der Waals surface area contributed by atoms with Gasteiger partial charge in [0.15, 0.2) is 0 Å². The van der Waals surface area contributed by atoms with Crippen molar-refractivity contribution >= 4 is 16.1 Å². The zero-order chi connectivity index (χ0) is 18.7. The van der Waals surface area contributed by atoms with Crippen LogP contribution in [0.2, 0.25) is 0 Å². The van der Waals surface area contributed by atoms with Gasteiger partial charge in [-0.3, -0.25) is 0 Å². The molecule has 0 bridgehead atoms. The molecule has 0 spiro atoms. The van der Waals surface area contributed by atoms with E-state index in [9.17, 15) is 13.2 Å². The van der Waals surface area contributed by atoms with Gasteiger partial charge in [0.2, 0.25) is 10.0 Å². The Kier molecular flexibility index (Phi) is 6.11. The number of sulfonamides is 1. The highest BCUT2D eigenvalue weighted by molar-refractivity contribution is 7.89. The average molecular weight is 368 g/mol. The molecular weight excluding hydrogens is 338 g/mol. The van der Waals surface area contributed by atoms with Crippen LogP contribution in [0.1, 0.15) is 32.8 Å². The number of carbonyl (C=O) groups is 1. The van der Waals surface area contributed by atoms with Gasteiger partial charge in [-0.25, -0.2) is 13.2 Å². The first kappa shape index (κ1) is 19.7. The summed E-state index contributed by atoms with van der Waals surface area (Å²) in [5.41, 5.74) is 1.04. The lowest BCUT2D eigenvalue weighted by molar-refractivity contribution is 0.195. The zero-order valence-electron chi connectivity index (χ0n) is 15.6. The maximum atomic E-state index is 12.8. The third kappa shape index (κ3) is 5.44. The lowest BCUT2D eigenvalue weighted by atomic mass is 9.97. The van der Waals surface area contributed by atoms with Crippen LogP contribution in [0.25, 0.3) is 0 Å². The molecule has 6 nitrogen and oxygen atoms in total. The molecule has 0 radical (unpaired) electrons. The largest absolute Gasteiger partial charge is 0.337 e. The van der Waals surface area contributed by atoms with E-state index >= 15 is 0 Å². The first-order valence-electron chi connectivity index (χ1n) is 8.69. The molecule has 7 heteroatoms. The molecule has 1 fully saturated rings. The molecule has 0 unspecified atom stereocenters. The summed E-state index contributed by atoms with van der Waals surface area (Å²) in [4.78, 5) is 14.3. The molecule has 1 N–H and O–H groups in total. The van der Waals surface area contributed by atoms with Gasteiger partial charge in [-0.15, -0.1) is 0 Å². The van der Waals surface area contributed by atoms with Crippen LogP contribution < -0.4 is 5.32 Å². The van der Waals surface area contributed by atoms with Gasteiger partial charge >= 0.3 is 6.03 Å². The van der Waals surface area contributed by atoms with E-state index in [1.165, 1.54) is 4.31 Å². The Labute approximate surface area is 151 Å². The van der Waals surface area contributed by atoms with Crippen molar-refractivity contribution in [2.45, 2.75) is 39.0 Å². The fraction of sp³-hybridized carbons (Fsp3) is 0.611. The first-order valence-corrected chi connectivity index (χ1v) is 10.1. The van der Waals surface area contributed by atoms with Crippen molar-refractivity contribution in [2.24, 2.45) is 5.41 Å². The summed E-state index contributed by atoms with van der Waals surface area (Å²) in [6.45, 7) is 10.4. The van der Waals surface area contributed by atoms with E-state index in [2.05, 4.69) is 26.1 Å². The van der Waals surface area contributed by atoms with Crippen LogP contribution in [0.3, 0.4) is 0 Å². The Hall–Kier alpha value is -1.60. The second-order valence-electron chi connectivity index (χ2n) is 7.78. The van der Waals surface area contributed by atoms with E-state index in [0.717, 1.165) is 5.56 Å². The molecule has 0 aromatic heterocycles. The zero-order valence-corrected chi connectivity index (χ0v) is 16.4. The van der Waals surface area contributed by atoms with Crippen LogP contribution in [-0.4, -0.2) is 56.4 Å². The number of urea groups is 1. The molecule has 2 rings (SSSR count). The number of aryl methyl sites for hydroxylation is 1. The summed E-state index contributed by atoms with van der Waals surface area (Å²) in [5.74, 6) is 0. The molecule has 1 saturated heterocycles. The lowest BCUT2D eigenvalue weighted by Gasteiger charge is -2.25. The van der Waals surface area contributed by atoms with Crippen LogP contribution in [0.5, 0.6) is 0 Å². The van der Waals surface area contributed by atoms with Crippen molar-refractivity contribution in [1.82, 2.24) is 14.5 Å². The van der Waals surface area contributed by atoms with Gasteiger partial charge in [0.05, 0.1) is 4.90 Å². The number of hydrogen-bond acceptors (Lipinski definition) is 3. The summed E-state index contributed by atoms with van der Waals surface area (Å²) in [6, 6.07) is 6.77. The lowest BCUT2D eigenvalue weighted by Crippen LogP contribution is -2.44. The van der Waals surface area contributed by atoms with Gasteiger partial charge in [0.1, 0.15) is 0 Å². The summed E-state index contributed by atoms with van der Waals surface area (Å²) in [7, 11) is -3.51. The van der Waals surface area contributed by atoms with Crippen LogP contribution in [0.4, 0.5) is 4.79 Å². The number of nitrogens with zero attached hydrogens (tertiary/aromatic N) is 2. The molecule has 1 aromatic rings. The maximum absolute atomic E-state index is 12.8.